The van der Waals surface area contributed by atoms with E-state index < -0.39 is 8.55 Å². The summed E-state index contributed by atoms with van der Waals surface area (Å²) in [7, 11) is -3.49. The summed E-state index contributed by atoms with van der Waals surface area (Å²) in [6.07, 6.45) is 0. The molecule has 0 fully saturated rings. The first kappa shape index (κ1) is 7.68. The van der Waals surface area contributed by atoms with Crippen LogP contribution in [0.25, 0.3) is 0 Å². The molecular weight excluding hydrogens is 207 g/mol. The van der Waals surface area contributed by atoms with Gasteiger partial charge in [-0.3, -0.25) is 0 Å². The van der Waals surface area contributed by atoms with E-state index in [0.29, 0.717) is 0 Å². The molecule has 0 saturated carbocycles. The lowest BCUT2D eigenvalue weighted by Gasteiger charge is -1.86. The first-order valence-corrected chi connectivity index (χ1v) is 5.00. The maximum atomic E-state index is 9.84. The van der Waals surface area contributed by atoms with Crippen LogP contribution in [0.4, 0.5) is 0 Å². The summed E-state index contributed by atoms with van der Waals surface area (Å²) in [5.41, 5.74) is 0. The van der Waals surface area contributed by atoms with E-state index in [0.717, 1.165) is 0 Å². The first-order chi connectivity index (χ1) is 3.06. The van der Waals surface area contributed by atoms with Gasteiger partial charge in [0.15, 0.2) is 0 Å². The fraction of sp³-hybridized carbons (Fsp3) is 1.00. The van der Waals surface area contributed by atoms with Crippen LogP contribution in [0.2, 0.25) is 0 Å². The normalized spacial score (nSPS) is 11.7. The third-order valence-electron chi connectivity index (χ3n) is 0.185. The van der Waals surface area contributed by atoms with E-state index in [1.165, 1.54) is 0 Å². The highest BCUT2D eigenvalue weighted by molar-refractivity contribution is 9.46. The third kappa shape index (κ3) is 6.68. The lowest BCUT2D eigenvalue weighted by atomic mass is 11.7. The molecule has 0 aliphatic carbocycles. The standard InChI is InChI=1S/CH2BrClO3S/c2-7(4,5)6-1-3/h1H2. The molecule has 0 rings (SSSR count). The van der Waals surface area contributed by atoms with Gasteiger partial charge >= 0.3 is 8.55 Å². The van der Waals surface area contributed by atoms with E-state index >= 15 is 0 Å². The molecule has 0 heterocycles. The lowest BCUT2D eigenvalue weighted by Crippen LogP contribution is -1.91. The van der Waals surface area contributed by atoms with Crippen molar-refractivity contribution >= 4 is 35.0 Å². The second kappa shape index (κ2) is 2.86. The highest BCUT2D eigenvalue weighted by Gasteiger charge is 1.99. The maximum absolute atomic E-state index is 9.84. The summed E-state index contributed by atoms with van der Waals surface area (Å²) in [5.74, 6) is 0. The van der Waals surface area contributed by atoms with Gasteiger partial charge in [-0.2, -0.15) is 8.42 Å². The van der Waals surface area contributed by atoms with E-state index in [4.69, 9.17) is 11.6 Å². The largest absolute Gasteiger partial charge is 0.330 e. The Morgan fingerprint density at radius 1 is 1.71 bits per heavy atom. The Morgan fingerprint density at radius 3 is 2.14 bits per heavy atom. The molecule has 3 nitrogen and oxygen atoms in total. The van der Waals surface area contributed by atoms with Gasteiger partial charge in [-0.25, -0.2) is 4.18 Å². The van der Waals surface area contributed by atoms with Crippen molar-refractivity contribution in [1.29, 1.82) is 0 Å². The van der Waals surface area contributed by atoms with Crippen LogP contribution in [0.5, 0.6) is 0 Å². The molecule has 0 aliphatic heterocycles. The highest BCUT2D eigenvalue weighted by atomic mass is 79.9. The topological polar surface area (TPSA) is 43.4 Å². The van der Waals surface area contributed by atoms with Crippen LogP contribution in [0.1, 0.15) is 0 Å². The molecule has 0 unspecified atom stereocenters. The van der Waals surface area contributed by atoms with Crippen LogP contribution in [0.3, 0.4) is 0 Å². The van der Waals surface area contributed by atoms with Crippen molar-refractivity contribution in [3.05, 3.63) is 0 Å². The van der Waals surface area contributed by atoms with E-state index in [1.807, 2.05) is 0 Å². The zero-order chi connectivity index (χ0) is 5.91. The zero-order valence-corrected chi connectivity index (χ0v) is 6.25. The summed E-state index contributed by atoms with van der Waals surface area (Å²) >= 11 is 7.06. The number of halogens is 2. The molecule has 6 heteroatoms. The maximum Gasteiger partial charge on any atom is 0.330 e. The van der Waals surface area contributed by atoms with Gasteiger partial charge in [0.2, 0.25) is 0 Å². The molecule has 0 N–H and O–H groups in total. The molecule has 44 valence electrons. The zero-order valence-electron chi connectivity index (χ0n) is 3.10. The number of hydrogen-bond acceptors (Lipinski definition) is 3. The van der Waals surface area contributed by atoms with Gasteiger partial charge in [-0.05, 0) is 0 Å². The quantitative estimate of drug-likeness (QED) is 0.500. The van der Waals surface area contributed by atoms with Gasteiger partial charge in [0, 0.05) is 0 Å². The minimum Gasteiger partial charge on any atom is -0.245 e. The Hall–Kier alpha value is 0.680. The molecule has 0 aromatic heterocycles. The Labute approximate surface area is 53.9 Å². The van der Waals surface area contributed by atoms with Crippen LogP contribution in [-0.4, -0.2) is 14.5 Å². The summed E-state index contributed by atoms with van der Waals surface area (Å²) in [6.45, 7) is 0. The lowest BCUT2D eigenvalue weighted by molar-refractivity contribution is 0.393. The number of hydrogen-bond donors (Lipinski definition) is 0. The van der Waals surface area contributed by atoms with E-state index in [1.54, 1.807) is 0 Å². The molecule has 0 amide bonds. The van der Waals surface area contributed by atoms with Crippen LogP contribution < -0.4 is 0 Å². The van der Waals surface area contributed by atoms with Crippen molar-refractivity contribution < 1.29 is 12.6 Å². The summed E-state index contributed by atoms with van der Waals surface area (Å²) in [4.78, 5) is 0. The molecular formula is CH2BrClO3S. The Morgan fingerprint density at radius 2 is 2.14 bits per heavy atom. The van der Waals surface area contributed by atoms with Gasteiger partial charge in [0.1, 0.15) is 6.07 Å². The molecule has 0 aromatic carbocycles. The van der Waals surface area contributed by atoms with Crippen molar-refractivity contribution in [2.24, 2.45) is 0 Å². The SMILES string of the molecule is O=S(=O)(Br)OCCl. The van der Waals surface area contributed by atoms with Crippen molar-refractivity contribution in [2.45, 2.75) is 0 Å². The fourth-order valence-corrected chi connectivity index (χ4v) is 1.11. The fourth-order valence-electron chi connectivity index (χ4n) is 0.0532. The van der Waals surface area contributed by atoms with Crippen molar-refractivity contribution in [2.75, 3.05) is 6.07 Å². The number of alkyl halides is 1. The molecule has 0 atom stereocenters. The summed E-state index contributed by atoms with van der Waals surface area (Å²) in [6, 6.07) is -0.354. The molecule has 0 radical (unpaired) electrons. The molecule has 0 aliphatic rings. The summed E-state index contributed by atoms with van der Waals surface area (Å²) < 4.78 is 23.6. The second-order valence-corrected chi connectivity index (χ2v) is 4.24. The van der Waals surface area contributed by atoms with Gasteiger partial charge < -0.3 is 0 Å². The number of rotatable bonds is 2. The van der Waals surface area contributed by atoms with Crippen LogP contribution in [-0.2, 0) is 12.7 Å². The first-order valence-electron chi connectivity index (χ1n) is 1.21. The van der Waals surface area contributed by atoms with Crippen molar-refractivity contribution in [3.8, 4) is 0 Å². The monoisotopic (exact) mass is 208 g/mol. The molecule has 0 spiro atoms. The smallest absolute Gasteiger partial charge is 0.245 e. The van der Waals surface area contributed by atoms with Crippen molar-refractivity contribution in [1.82, 2.24) is 0 Å². The Kier molecular flexibility index (Phi) is 3.14. The highest BCUT2D eigenvalue weighted by Crippen LogP contribution is 2.01. The van der Waals surface area contributed by atoms with Crippen molar-refractivity contribution in [3.63, 3.8) is 0 Å². The van der Waals surface area contributed by atoms with E-state index in [9.17, 15) is 8.42 Å². The van der Waals surface area contributed by atoms with Gasteiger partial charge in [0.25, 0.3) is 0 Å². The van der Waals surface area contributed by atoms with Gasteiger partial charge in [-0.15, -0.1) is 0 Å². The molecule has 0 aromatic rings. The molecule has 7 heavy (non-hydrogen) atoms. The third-order valence-corrected chi connectivity index (χ3v) is 1.38. The second-order valence-electron chi connectivity index (χ2n) is 0.620. The summed E-state index contributed by atoms with van der Waals surface area (Å²) in [5, 5.41) is 0. The van der Waals surface area contributed by atoms with Gasteiger partial charge in [0.05, 0.1) is 14.8 Å². The molecule has 0 saturated heterocycles. The van der Waals surface area contributed by atoms with Crippen LogP contribution in [0.15, 0.2) is 0 Å². The van der Waals surface area contributed by atoms with Gasteiger partial charge in [-0.1, -0.05) is 11.6 Å². The van der Waals surface area contributed by atoms with E-state index in [2.05, 4.69) is 19.0 Å². The molecule has 0 bridgehead atoms. The minimum absolute atomic E-state index is 0.354. The van der Waals surface area contributed by atoms with Crippen LogP contribution in [0, 0.1) is 0 Å². The Bertz CT molecular complexity index is 128. The predicted octanol–water partition coefficient (Wildman–Crippen LogP) is 0.839. The average molecular weight is 209 g/mol. The predicted molar refractivity (Wildman–Crippen MR) is 29.7 cm³/mol. The van der Waals surface area contributed by atoms with E-state index in [-0.39, 0.29) is 6.07 Å². The minimum atomic E-state index is -3.49. The Balaban J connectivity index is 3.60. The van der Waals surface area contributed by atoms with Crippen LogP contribution >= 0.6 is 26.4 Å². The average Bonchev–Trinajstić information content (AvgIpc) is 1.30.